The van der Waals surface area contributed by atoms with Gasteiger partial charge in [0.05, 0.1) is 13.2 Å². The number of ether oxygens (including phenoxy) is 2. The van der Waals surface area contributed by atoms with Crippen molar-refractivity contribution in [3.8, 4) is 5.75 Å². The fraction of sp³-hybridized carbons (Fsp3) is 0.429. The van der Waals surface area contributed by atoms with E-state index in [2.05, 4.69) is 22.3 Å². The molecule has 0 aliphatic carbocycles. The van der Waals surface area contributed by atoms with Crippen LogP contribution in [0.4, 0.5) is 0 Å². The Kier molecular flexibility index (Phi) is 12.6. The second-order valence-electron chi connectivity index (χ2n) is 6.54. The summed E-state index contributed by atoms with van der Waals surface area (Å²) in [7, 11) is 0. The molecular formula is C21H29Cl3N2O2. The van der Waals surface area contributed by atoms with Gasteiger partial charge in [0.2, 0.25) is 0 Å². The fourth-order valence-corrected chi connectivity index (χ4v) is 3.06. The first-order valence-electron chi connectivity index (χ1n) is 9.26. The lowest BCUT2D eigenvalue weighted by atomic mass is 10.2. The Morgan fingerprint density at radius 2 is 1.57 bits per heavy atom. The summed E-state index contributed by atoms with van der Waals surface area (Å²) in [5.41, 5.74) is 2.38. The highest BCUT2D eigenvalue weighted by atomic mass is 35.5. The fourth-order valence-electron chi connectivity index (χ4n) is 2.94. The minimum atomic E-state index is 0. The van der Waals surface area contributed by atoms with Crippen LogP contribution in [0.2, 0.25) is 5.02 Å². The third kappa shape index (κ3) is 8.99. The van der Waals surface area contributed by atoms with Gasteiger partial charge in [-0.2, -0.15) is 0 Å². The number of nitrogens with one attached hydrogen (secondary N) is 1. The van der Waals surface area contributed by atoms with Crippen LogP contribution < -0.4 is 10.1 Å². The molecule has 0 atom stereocenters. The van der Waals surface area contributed by atoms with E-state index in [4.69, 9.17) is 21.1 Å². The second kappa shape index (κ2) is 14.0. The molecule has 0 spiro atoms. The number of nitrogens with zero attached hydrogens (tertiary/aromatic N) is 1. The lowest BCUT2D eigenvalue weighted by Crippen LogP contribution is -2.37. The third-order valence-electron chi connectivity index (χ3n) is 4.50. The maximum atomic E-state index is 5.89. The summed E-state index contributed by atoms with van der Waals surface area (Å²) in [6.07, 6.45) is 1.17. The van der Waals surface area contributed by atoms with E-state index in [1.807, 2.05) is 36.4 Å². The van der Waals surface area contributed by atoms with Crippen molar-refractivity contribution in [3.63, 3.8) is 0 Å². The van der Waals surface area contributed by atoms with Crippen molar-refractivity contribution in [2.75, 3.05) is 39.4 Å². The maximum Gasteiger partial charge on any atom is 0.119 e. The van der Waals surface area contributed by atoms with Crippen molar-refractivity contribution < 1.29 is 9.47 Å². The predicted octanol–water partition coefficient (Wildman–Crippen LogP) is 4.57. The molecular weight excluding hydrogens is 419 g/mol. The normalized spacial score (nSPS) is 14.0. The first kappa shape index (κ1) is 25.0. The van der Waals surface area contributed by atoms with Gasteiger partial charge in [-0.05, 0) is 54.9 Å². The van der Waals surface area contributed by atoms with E-state index in [0.717, 1.165) is 62.3 Å². The predicted molar refractivity (Wildman–Crippen MR) is 120 cm³/mol. The van der Waals surface area contributed by atoms with Crippen molar-refractivity contribution in [1.29, 1.82) is 0 Å². The van der Waals surface area contributed by atoms with Crippen molar-refractivity contribution in [2.45, 2.75) is 19.6 Å². The van der Waals surface area contributed by atoms with Gasteiger partial charge in [-0.3, -0.25) is 4.90 Å². The number of hydrogen-bond donors (Lipinski definition) is 1. The van der Waals surface area contributed by atoms with Gasteiger partial charge >= 0.3 is 0 Å². The topological polar surface area (TPSA) is 33.7 Å². The SMILES string of the molecule is Cl.Cl.Clc1ccc(COc2ccc(CNCCCN3CCOCC3)cc2)cc1. The molecule has 1 fully saturated rings. The van der Waals surface area contributed by atoms with Crippen LogP contribution in [0.5, 0.6) is 5.75 Å². The molecule has 3 rings (SSSR count). The highest BCUT2D eigenvalue weighted by Crippen LogP contribution is 2.15. The Morgan fingerprint density at radius 3 is 2.25 bits per heavy atom. The van der Waals surface area contributed by atoms with Crippen molar-refractivity contribution >= 4 is 36.4 Å². The van der Waals surface area contributed by atoms with Gasteiger partial charge < -0.3 is 14.8 Å². The van der Waals surface area contributed by atoms with Gasteiger partial charge in [0.15, 0.2) is 0 Å². The molecule has 0 aromatic heterocycles. The molecule has 1 heterocycles. The van der Waals surface area contributed by atoms with Crippen molar-refractivity contribution in [3.05, 3.63) is 64.7 Å². The van der Waals surface area contributed by atoms with Crippen LogP contribution in [0.1, 0.15) is 17.5 Å². The smallest absolute Gasteiger partial charge is 0.119 e. The monoisotopic (exact) mass is 446 g/mol. The van der Waals surface area contributed by atoms with Crippen LogP contribution in [-0.2, 0) is 17.9 Å². The summed E-state index contributed by atoms with van der Waals surface area (Å²) in [4.78, 5) is 2.47. The molecule has 0 bridgehead atoms. The molecule has 1 N–H and O–H groups in total. The first-order chi connectivity index (χ1) is 12.8. The van der Waals surface area contributed by atoms with Gasteiger partial charge in [0.25, 0.3) is 0 Å². The molecule has 4 nitrogen and oxygen atoms in total. The lowest BCUT2D eigenvalue weighted by molar-refractivity contribution is 0.0374. The zero-order chi connectivity index (χ0) is 18.0. The van der Waals surface area contributed by atoms with Gasteiger partial charge in [-0.15, -0.1) is 24.8 Å². The molecule has 0 amide bonds. The van der Waals surface area contributed by atoms with E-state index >= 15 is 0 Å². The third-order valence-corrected chi connectivity index (χ3v) is 4.75. The highest BCUT2D eigenvalue weighted by molar-refractivity contribution is 6.30. The number of rotatable bonds is 9. The molecule has 1 aliphatic rings. The summed E-state index contributed by atoms with van der Waals surface area (Å²) in [5, 5.41) is 4.26. The van der Waals surface area contributed by atoms with E-state index < -0.39 is 0 Å². The summed E-state index contributed by atoms with van der Waals surface area (Å²) in [6.45, 7) is 7.51. The van der Waals surface area contributed by atoms with Gasteiger partial charge in [0.1, 0.15) is 12.4 Å². The Labute approximate surface area is 185 Å². The van der Waals surface area contributed by atoms with Crippen LogP contribution >= 0.6 is 36.4 Å². The minimum Gasteiger partial charge on any atom is -0.489 e. The van der Waals surface area contributed by atoms with E-state index in [9.17, 15) is 0 Å². The molecule has 2 aromatic carbocycles. The van der Waals surface area contributed by atoms with Crippen LogP contribution in [0.3, 0.4) is 0 Å². The van der Waals surface area contributed by atoms with E-state index in [1.165, 1.54) is 12.0 Å². The zero-order valence-corrected chi connectivity index (χ0v) is 18.3. The molecule has 2 aromatic rings. The molecule has 0 unspecified atom stereocenters. The van der Waals surface area contributed by atoms with E-state index in [-0.39, 0.29) is 24.8 Å². The minimum absolute atomic E-state index is 0. The summed E-state index contributed by atoms with van der Waals surface area (Å²) < 4.78 is 11.2. The molecule has 1 saturated heterocycles. The number of benzene rings is 2. The Morgan fingerprint density at radius 1 is 0.929 bits per heavy atom. The number of morpholine rings is 1. The van der Waals surface area contributed by atoms with Crippen LogP contribution in [0.15, 0.2) is 48.5 Å². The van der Waals surface area contributed by atoms with Gasteiger partial charge in [-0.1, -0.05) is 35.9 Å². The Balaban J connectivity index is 0.00000196. The second-order valence-corrected chi connectivity index (χ2v) is 6.98. The first-order valence-corrected chi connectivity index (χ1v) is 9.64. The maximum absolute atomic E-state index is 5.89. The van der Waals surface area contributed by atoms with Crippen LogP contribution in [0.25, 0.3) is 0 Å². The van der Waals surface area contributed by atoms with Gasteiger partial charge in [-0.25, -0.2) is 0 Å². The van der Waals surface area contributed by atoms with Crippen LogP contribution in [0, 0.1) is 0 Å². The molecule has 0 radical (unpaired) electrons. The van der Waals surface area contributed by atoms with Crippen molar-refractivity contribution in [1.82, 2.24) is 10.2 Å². The molecule has 1 aliphatic heterocycles. The van der Waals surface area contributed by atoms with Gasteiger partial charge in [0, 0.05) is 24.7 Å². The summed E-state index contributed by atoms with van der Waals surface area (Å²) in [5.74, 6) is 0.885. The molecule has 156 valence electrons. The summed E-state index contributed by atoms with van der Waals surface area (Å²) in [6, 6.07) is 16.0. The lowest BCUT2D eigenvalue weighted by Gasteiger charge is -2.26. The zero-order valence-electron chi connectivity index (χ0n) is 15.9. The van der Waals surface area contributed by atoms with E-state index in [0.29, 0.717) is 6.61 Å². The van der Waals surface area contributed by atoms with Crippen LogP contribution in [-0.4, -0.2) is 44.3 Å². The molecule has 0 saturated carbocycles. The molecule has 28 heavy (non-hydrogen) atoms. The average molecular weight is 448 g/mol. The van der Waals surface area contributed by atoms with Crippen molar-refractivity contribution in [2.24, 2.45) is 0 Å². The molecule has 7 heteroatoms. The number of hydrogen-bond acceptors (Lipinski definition) is 4. The van der Waals surface area contributed by atoms with E-state index in [1.54, 1.807) is 0 Å². The largest absolute Gasteiger partial charge is 0.489 e. The standard InChI is InChI=1S/C21H27ClN2O2.2ClH/c22-20-6-2-19(3-7-20)17-26-21-8-4-18(5-9-21)16-23-10-1-11-24-12-14-25-15-13-24;;/h2-9,23H,1,10-17H2;2*1H. The Hall–Kier alpha value is -1.01. The average Bonchev–Trinajstić information content (AvgIpc) is 2.69. The number of halogens is 3. The quantitative estimate of drug-likeness (QED) is 0.571. The summed E-state index contributed by atoms with van der Waals surface area (Å²) >= 11 is 5.89. The Bertz CT molecular complexity index is 648. The highest BCUT2D eigenvalue weighted by Gasteiger charge is 2.08.